The van der Waals surface area contributed by atoms with Gasteiger partial charge in [0.25, 0.3) is 5.56 Å². The average molecular weight is 380 g/mol. The number of hydrogen-bond donors (Lipinski definition) is 3. The van der Waals surface area contributed by atoms with Crippen LogP contribution in [0.4, 0.5) is 4.79 Å². The highest BCUT2D eigenvalue weighted by Crippen LogP contribution is 2.27. The largest absolute Gasteiger partial charge is 0.444 e. The van der Waals surface area contributed by atoms with Crippen molar-refractivity contribution >= 4 is 12.0 Å². The van der Waals surface area contributed by atoms with Crippen LogP contribution in [0, 0.1) is 5.92 Å². The summed E-state index contributed by atoms with van der Waals surface area (Å²) in [6, 6.07) is 0.943. The Kier molecular flexibility index (Phi) is 6.81. The van der Waals surface area contributed by atoms with Crippen molar-refractivity contribution in [2.75, 3.05) is 6.54 Å². The molecule has 1 aromatic rings. The zero-order valence-electron chi connectivity index (χ0n) is 16.0. The Bertz CT molecular complexity index is 771. The molecule has 1 aliphatic carbocycles. The lowest BCUT2D eigenvalue weighted by Crippen LogP contribution is -2.49. The van der Waals surface area contributed by atoms with E-state index in [-0.39, 0.29) is 31.0 Å². The van der Waals surface area contributed by atoms with E-state index in [9.17, 15) is 19.2 Å². The van der Waals surface area contributed by atoms with Crippen LogP contribution in [0.15, 0.2) is 21.9 Å². The Hall–Kier alpha value is -2.58. The monoisotopic (exact) mass is 380 g/mol. The number of aromatic amines is 1. The Morgan fingerprint density at radius 3 is 2.56 bits per heavy atom. The minimum Gasteiger partial charge on any atom is -0.444 e. The molecule has 1 saturated carbocycles. The molecular formula is C18H28N4O5. The van der Waals surface area contributed by atoms with Gasteiger partial charge in [0, 0.05) is 24.8 Å². The third-order valence-corrected chi connectivity index (χ3v) is 4.39. The van der Waals surface area contributed by atoms with Crippen LogP contribution in [-0.2, 0) is 16.1 Å². The lowest BCUT2D eigenvalue weighted by molar-refractivity contribution is -0.122. The normalized spacial score (nSPS) is 16.0. The van der Waals surface area contributed by atoms with E-state index in [1.165, 1.54) is 12.3 Å². The minimum atomic E-state index is -0.637. The molecule has 3 N–H and O–H groups in total. The number of ether oxygens (including phenoxy) is 1. The number of amides is 2. The molecule has 0 spiro atoms. The quantitative estimate of drug-likeness (QED) is 0.672. The third-order valence-electron chi connectivity index (χ3n) is 4.39. The van der Waals surface area contributed by atoms with Crippen molar-refractivity contribution in [3.05, 3.63) is 33.1 Å². The summed E-state index contributed by atoms with van der Waals surface area (Å²) >= 11 is 0. The molecule has 0 bridgehead atoms. The molecule has 1 heterocycles. The van der Waals surface area contributed by atoms with Crippen molar-refractivity contribution in [3.63, 3.8) is 0 Å². The Labute approximate surface area is 157 Å². The lowest BCUT2D eigenvalue weighted by atomic mass is 9.98. The number of carbonyl (C=O) groups is 2. The van der Waals surface area contributed by atoms with Gasteiger partial charge in [-0.3, -0.25) is 19.1 Å². The molecule has 27 heavy (non-hydrogen) atoms. The molecule has 9 heteroatoms. The van der Waals surface area contributed by atoms with Crippen LogP contribution in [-0.4, -0.2) is 39.7 Å². The number of rotatable bonds is 6. The standard InChI is InChI=1S/C18H28N4O5/c1-18(2,3)27-17(26)19-10-13(12-6-4-5-7-12)20-15(24)11-22-9-8-14(23)21-16(22)25/h8-9,12-13H,4-7,10-11H2,1-3H3,(H,19,26)(H,20,24)(H,21,23,25)/t13-/m0/s1. The number of nitrogens with one attached hydrogen (secondary N) is 3. The second-order valence-corrected chi connectivity index (χ2v) is 7.84. The smallest absolute Gasteiger partial charge is 0.407 e. The second-order valence-electron chi connectivity index (χ2n) is 7.84. The van der Waals surface area contributed by atoms with Gasteiger partial charge in [-0.15, -0.1) is 0 Å². The molecule has 0 radical (unpaired) electrons. The van der Waals surface area contributed by atoms with Crippen LogP contribution in [0.25, 0.3) is 0 Å². The molecular weight excluding hydrogens is 352 g/mol. The van der Waals surface area contributed by atoms with Gasteiger partial charge in [-0.25, -0.2) is 9.59 Å². The van der Waals surface area contributed by atoms with Crippen molar-refractivity contribution in [3.8, 4) is 0 Å². The summed E-state index contributed by atoms with van der Waals surface area (Å²) in [4.78, 5) is 49.2. The fraction of sp³-hybridized carbons (Fsp3) is 0.667. The van der Waals surface area contributed by atoms with Gasteiger partial charge in [0.2, 0.25) is 5.91 Å². The molecule has 1 aliphatic rings. The molecule has 0 unspecified atom stereocenters. The van der Waals surface area contributed by atoms with Gasteiger partial charge < -0.3 is 15.4 Å². The highest BCUT2D eigenvalue weighted by atomic mass is 16.6. The van der Waals surface area contributed by atoms with E-state index in [0.717, 1.165) is 30.3 Å². The van der Waals surface area contributed by atoms with Gasteiger partial charge in [-0.1, -0.05) is 12.8 Å². The van der Waals surface area contributed by atoms with Crippen molar-refractivity contribution < 1.29 is 14.3 Å². The van der Waals surface area contributed by atoms with Crippen molar-refractivity contribution in [2.24, 2.45) is 5.92 Å². The maximum atomic E-state index is 12.4. The third kappa shape index (κ3) is 6.92. The summed E-state index contributed by atoms with van der Waals surface area (Å²) in [7, 11) is 0. The summed E-state index contributed by atoms with van der Waals surface area (Å²) in [6.45, 7) is 5.40. The van der Waals surface area contributed by atoms with Crippen LogP contribution >= 0.6 is 0 Å². The zero-order chi connectivity index (χ0) is 20.0. The van der Waals surface area contributed by atoms with E-state index in [0.29, 0.717) is 0 Å². The summed E-state index contributed by atoms with van der Waals surface area (Å²) in [5.41, 5.74) is -1.74. The molecule has 2 rings (SSSR count). The highest BCUT2D eigenvalue weighted by Gasteiger charge is 2.27. The molecule has 1 aromatic heterocycles. The lowest BCUT2D eigenvalue weighted by Gasteiger charge is -2.26. The molecule has 0 aromatic carbocycles. The van der Waals surface area contributed by atoms with Gasteiger partial charge in [-0.05, 0) is 39.5 Å². The number of hydrogen-bond acceptors (Lipinski definition) is 5. The molecule has 150 valence electrons. The minimum absolute atomic E-state index is 0.203. The van der Waals surface area contributed by atoms with E-state index in [2.05, 4.69) is 15.6 Å². The molecule has 9 nitrogen and oxygen atoms in total. The Morgan fingerprint density at radius 1 is 1.30 bits per heavy atom. The van der Waals surface area contributed by atoms with Gasteiger partial charge in [0.1, 0.15) is 12.1 Å². The van der Waals surface area contributed by atoms with Crippen LogP contribution in [0.2, 0.25) is 0 Å². The Morgan fingerprint density at radius 2 is 1.96 bits per heavy atom. The number of aromatic nitrogens is 2. The van der Waals surface area contributed by atoms with E-state index in [1.54, 1.807) is 20.8 Å². The number of carbonyl (C=O) groups excluding carboxylic acids is 2. The summed E-state index contributed by atoms with van der Waals surface area (Å²) in [5.74, 6) is -0.0942. The summed E-state index contributed by atoms with van der Waals surface area (Å²) in [6.07, 6.45) is 4.87. The SMILES string of the molecule is CC(C)(C)OC(=O)NC[C@H](NC(=O)Cn1ccc(=O)[nH]c1=O)C1CCCC1. The van der Waals surface area contributed by atoms with Crippen molar-refractivity contribution in [1.82, 2.24) is 20.2 Å². The van der Waals surface area contributed by atoms with E-state index in [1.807, 2.05) is 0 Å². The predicted molar refractivity (Wildman–Crippen MR) is 99.4 cm³/mol. The summed E-state index contributed by atoms with van der Waals surface area (Å²) in [5, 5.41) is 5.62. The topological polar surface area (TPSA) is 122 Å². The number of alkyl carbamates (subject to hydrolysis) is 1. The van der Waals surface area contributed by atoms with E-state index in [4.69, 9.17) is 4.74 Å². The first-order valence-corrected chi connectivity index (χ1v) is 9.20. The fourth-order valence-electron chi connectivity index (χ4n) is 3.18. The number of H-pyrrole nitrogens is 1. The highest BCUT2D eigenvalue weighted by molar-refractivity contribution is 5.76. The molecule has 1 fully saturated rings. The number of nitrogens with zero attached hydrogens (tertiary/aromatic N) is 1. The van der Waals surface area contributed by atoms with Gasteiger partial charge in [0.05, 0.1) is 0 Å². The predicted octanol–water partition coefficient (Wildman–Crippen LogP) is 0.736. The first-order chi connectivity index (χ1) is 12.6. The average Bonchev–Trinajstić information content (AvgIpc) is 3.07. The van der Waals surface area contributed by atoms with E-state index >= 15 is 0 Å². The second kappa shape index (κ2) is 8.88. The van der Waals surface area contributed by atoms with Gasteiger partial charge >= 0.3 is 11.8 Å². The van der Waals surface area contributed by atoms with Crippen LogP contribution in [0.1, 0.15) is 46.5 Å². The van der Waals surface area contributed by atoms with Gasteiger partial charge in [-0.2, -0.15) is 0 Å². The first-order valence-electron chi connectivity index (χ1n) is 9.20. The maximum Gasteiger partial charge on any atom is 0.407 e. The van der Waals surface area contributed by atoms with Crippen molar-refractivity contribution in [1.29, 1.82) is 0 Å². The Balaban J connectivity index is 1.97. The zero-order valence-corrected chi connectivity index (χ0v) is 16.0. The first kappa shape index (κ1) is 20.7. The molecule has 2 amide bonds. The van der Waals surface area contributed by atoms with Crippen LogP contribution in [0.5, 0.6) is 0 Å². The van der Waals surface area contributed by atoms with Crippen molar-refractivity contribution in [2.45, 2.75) is 64.6 Å². The molecule has 0 saturated heterocycles. The van der Waals surface area contributed by atoms with Crippen LogP contribution in [0.3, 0.4) is 0 Å². The van der Waals surface area contributed by atoms with Crippen LogP contribution < -0.4 is 21.9 Å². The molecule has 0 aliphatic heterocycles. The maximum absolute atomic E-state index is 12.4. The molecule has 1 atom stereocenters. The summed E-state index contributed by atoms with van der Waals surface area (Å²) < 4.78 is 6.37. The fourth-order valence-corrected chi connectivity index (χ4v) is 3.18. The van der Waals surface area contributed by atoms with E-state index < -0.39 is 22.9 Å². The van der Waals surface area contributed by atoms with Gasteiger partial charge in [0.15, 0.2) is 0 Å².